The molecule has 1 heterocycles. The molecule has 0 spiro atoms. The zero-order chi connectivity index (χ0) is 19.6. The average molecular weight is 464 g/mol. The monoisotopic (exact) mass is 462 g/mol. The zero-order valence-electron chi connectivity index (χ0n) is 15.3. The number of rotatable bonds is 4. The number of hydrogen-bond donors (Lipinski definition) is 1. The fourth-order valence-corrected chi connectivity index (χ4v) is 4.30. The summed E-state index contributed by atoms with van der Waals surface area (Å²) in [5.74, 6) is 0.191. The van der Waals surface area contributed by atoms with E-state index in [1.807, 2.05) is 30.3 Å². The lowest BCUT2D eigenvalue weighted by Crippen LogP contribution is -2.14. The number of phenolic OH excluding ortho intramolecular Hbond substituents is 1. The van der Waals surface area contributed by atoms with E-state index in [4.69, 9.17) is 16.6 Å². The Bertz CT molecular complexity index is 975. The van der Waals surface area contributed by atoms with E-state index in [1.165, 1.54) is 10.4 Å². The standard InChI is InChI=1S/C21H20BrClN2OS/c1-21(2,3)19-18(10-13-4-7-16(23)8-5-13)27-20(25-19)24-12-14-11-15(22)6-9-17(14)26/h4-9,11-12,26H,10H2,1-3H3/b24-12+. The average Bonchev–Trinajstić information content (AvgIpc) is 3.01. The van der Waals surface area contributed by atoms with Crippen molar-refractivity contribution in [3.05, 3.63) is 73.7 Å². The van der Waals surface area contributed by atoms with Crippen LogP contribution in [0.4, 0.5) is 5.13 Å². The molecule has 0 amide bonds. The molecule has 0 atom stereocenters. The first-order chi connectivity index (χ1) is 12.7. The van der Waals surface area contributed by atoms with E-state index >= 15 is 0 Å². The predicted octanol–water partition coefficient (Wildman–Crippen LogP) is 6.90. The molecule has 0 aliphatic carbocycles. The molecule has 0 bridgehead atoms. The molecular weight excluding hydrogens is 444 g/mol. The SMILES string of the molecule is CC(C)(C)c1nc(/N=C/c2cc(Br)ccc2O)sc1Cc1ccc(Cl)cc1. The normalized spacial score (nSPS) is 12.0. The van der Waals surface area contributed by atoms with Crippen LogP contribution in [-0.2, 0) is 11.8 Å². The molecule has 27 heavy (non-hydrogen) atoms. The summed E-state index contributed by atoms with van der Waals surface area (Å²) in [5.41, 5.74) is 2.81. The second-order valence-electron chi connectivity index (χ2n) is 7.28. The number of thiazole rings is 1. The van der Waals surface area contributed by atoms with Crippen LogP contribution in [0.1, 0.15) is 42.5 Å². The van der Waals surface area contributed by atoms with Crippen LogP contribution in [0.15, 0.2) is 51.9 Å². The number of halogens is 2. The number of hydrogen-bond acceptors (Lipinski definition) is 4. The van der Waals surface area contributed by atoms with Gasteiger partial charge in [0.05, 0.1) is 5.69 Å². The number of phenols is 1. The van der Waals surface area contributed by atoms with Gasteiger partial charge in [-0.3, -0.25) is 0 Å². The van der Waals surface area contributed by atoms with Gasteiger partial charge in [0.25, 0.3) is 0 Å². The van der Waals surface area contributed by atoms with Gasteiger partial charge in [-0.05, 0) is 35.9 Å². The molecule has 1 N–H and O–H groups in total. The molecule has 3 nitrogen and oxygen atoms in total. The molecule has 0 aliphatic heterocycles. The largest absolute Gasteiger partial charge is 0.507 e. The minimum absolute atomic E-state index is 0.0794. The molecule has 0 fully saturated rings. The zero-order valence-corrected chi connectivity index (χ0v) is 18.5. The van der Waals surface area contributed by atoms with Gasteiger partial charge in [0.2, 0.25) is 5.13 Å². The van der Waals surface area contributed by atoms with Crippen LogP contribution >= 0.6 is 38.9 Å². The number of aromatic hydroxyl groups is 1. The van der Waals surface area contributed by atoms with E-state index in [1.54, 1.807) is 29.7 Å². The Kier molecular flexibility index (Phi) is 6.04. The maximum Gasteiger partial charge on any atom is 0.209 e. The Morgan fingerprint density at radius 1 is 1.19 bits per heavy atom. The van der Waals surface area contributed by atoms with E-state index in [-0.39, 0.29) is 11.2 Å². The topological polar surface area (TPSA) is 45.5 Å². The number of nitrogens with zero attached hydrogens (tertiary/aromatic N) is 2. The number of aliphatic imine (C=N–C) groups is 1. The van der Waals surface area contributed by atoms with Gasteiger partial charge < -0.3 is 5.11 Å². The van der Waals surface area contributed by atoms with Crippen molar-refractivity contribution in [3.8, 4) is 5.75 Å². The summed E-state index contributed by atoms with van der Waals surface area (Å²) >= 11 is 11.0. The summed E-state index contributed by atoms with van der Waals surface area (Å²) in [6.07, 6.45) is 2.44. The first kappa shape index (κ1) is 20.1. The predicted molar refractivity (Wildman–Crippen MR) is 118 cm³/mol. The lowest BCUT2D eigenvalue weighted by Gasteiger charge is -2.17. The van der Waals surface area contributed by atoms with Crippen LogP contribution in [0.3, 0.4) is 0 Å². The molecular formula is C21H20BrClN2OS. The highest BCUT2D eigenvalue weighted by molar-refractivity contribution is 9.10. The van der Waals surface area contributed by atoms with Crippen molar-refractivity contribution in [1.29, 1.82) is 0 Å². The second kappa shape index (κ2) is 8.13. The lowest BCUT2D eigenvalue weighted by atomic mass is 9.90. The maximum atomic E-state index is 9.98. The first-order valence-electron chi connectivity index (χ1n) is 8.49. The van der Waals surface area contributed by atoms with Crippen LogP contribution in [0.2, 0.25) is 5.02 Å². The quantitative estimate of drug-likeness (QED) is 0.427. The van der Waals surface area contributed by atoms with E-state index in [9.17, 15) is 5.11 Å². The number of benzene rings is 2. The Hall–Kier alpha value is -1.69. The first-order valence-corrected chi connectivity index (χ1v) is 10.5. The molecule has 0 aliphatic rings. The molecule has 1 aromatic heterocycles. The maximum absolute atomic E-state index is 9.98. The Balaban J connectivity index is 1.93. The van der Waals surface area contributed by atoms with Crippen molar-refractivity contribution < 1.29 is 5.11 Å². The summed E-state index contributed by atoms with van der Waals surface area (Å²) in [5, 5.41) is 11.4. The third-order valence-electron chi connectivity index (χ3n) is 3.98. The minimum Gasteiger partial charge on any atom is -0.507 e. The van der Waals surface area contributed by atoms with E-state index < -0.39 is 0 Å². The van der Waals surface area contributed by atoms with Gasteiger partial charge in [0.15, 0.2) is 0 Å². The second-order valence-corrected chi connectivity index (χ2v) is 9.70. The van der Waals surface area contributed by atoms with Crippen molar-refractivity contribution in [1.82, 2.24) is 4.98 Å². The molecule has 0 unspecified atom stereocenters. The van der Waals surface area contributed by atoms with Crippen molar-refractivity contribution >= 4 is 50.2 Å². The van der Waals surface area contributed by atoms with Gasteiger partial charge in [0.1, 0.15) is 5.75 Å². The van der Waals surface area contributed by atoms with Crippen LogP contribution in [0.25, 0.3) is 0 Å². The highest BCUT2D eigenvalue weighted by Crippen LogP contribution is 2.35. The van der Waals surface area contributed by atoms with E-state index in [2.05, 4.69) is 41.7 Å². The third kappa shape index (κ3) is 5.18. The van der Waals surface area contributed by atoms with Crippen LogP contribution < -0.4 is 0 Å². The summed E-state index contributed by atoms with van der Waals surface area (Å²) in [6, 6.07) is 13.1. The fourth-order valence-electron chi connectivity index (χ4n) is 2.64. The van der Waals surface area contributed by atoms with Crippen LogP contribution in [-0.4, -0.2) is 16.3 Å². The van der Waals surface area contributed by atoms with Crippen LogP contribution in [0, 0.1) is 0 Å². The summed E-state index contributed by atoms with van der Waals surface area (Å²) < 4.78 is 0.889. The summed E-state index contributed by atoms with van der Waals surface area (Å²) in [4.78, 5) is 10.5. The molecule has 6 heteroatoms. The van der Waals surface area contributed by atoms with Crippen molar-refractivity contribution in [2.75, 3.05) is 0 Å². The molecule has 0 radical (unpaired) electrons. The van der Waals surface area contributed by atoms with Crippen molar-refractivity contribution in [2.24, 2.45) is 4.99 Å². The Morgan fingerprint density at radius 3 is 2.56 bits per heavy atom. The van der Waals surface area contributed by atoms with Gasteiger partial charge in [-0.1, -0.05) is 71.8 Å². The van der Waals surface area contributed by atoms with E-state index in [0.29, 0.717) is 10.7 Å². The van der Waals surface area contributed by atoms with Gasteiger partial charge in [-0.15, -0.1) is 0 Å². The van der Waals surface area contributed by atoms with Gasteiger partial charge in [-0.2, -0.15) is 0 Å². The van der Waals surface area contributed by atoms with Crippen molar-refractivity contribution in [2.45, 2.75) is 32.6 Å². The highest BCUT2D eigenvalue weighted by atomic mass is 79.9. The van der Waals surface area contributed by atoms with Crippen molar-refractivity contribution in [3.63, 3.8) is 0 Å². The molecule has 2 aromatic carbocycles. The molecule has 3 rings (SSSR count). The van der Waals surface area contributed by atoms with Crippen LogP contribution in [0.5, 0.6) is 5.75 Å². The number of aromatic nitrogens is 1. The van der Waals surface area contributed by atoms with E-state index in [0.717, 1.165) is 21.6 Å². The molecule has 0 saturated heterocycles. The summed E-state index contributed by atoms with van der Waals surface area (Å²) in [6.45, 7) is 6.46. The van der Waals surface area contributed by atoms with Gasteiger partial charge >= 0.3 is 0 Å². The fraction of sp³-hybridized carbons (Fsp3) is 0.238. The third-order valence-corrected chi connectivity index (χ3v) is 5.69. The molecule has 3 aromatic rings. The Labute approximate surface area is 176 Å². The molecule has 140 valence electrons. The molecule has 0 saturated carbocycles. The minimum atomic E-state index is -0.0794. The summed E-state index contributed by atoms with van der Waals surface area (Å²) in [7, 11) is 0. The lowest BCUT2D eigenvalue weighted by molar-refractivity contribution is 0.474. The smallest absolute Gasteiger partial charge is 0.209 e. The van der Waals surface area contributed by atoms with Gasteiger partial charge in [-0.25, -0.2) is 9.98 Å². The highest BCUT2D eigenvalue weighted by Gasteiger charge is 2.23. The van der Waals surface area contributed by atoms with Gasteiger partial charge in [0, 0.05) is 38.0 Å². The Morgan fingerprint density at radius 2 is 1.89 bits per heavy atom.